The molecule has 0 radical (unpaired) electrons. The lowest BCUT2D eigenvalue weighted by molar-refractivity contribution is -0.129. The summed E-state index contributed by atoms with van der Waals surface area (Å²) in [7, 11) is 3.43. The number of nitrogens with zero attached hydrogens (tertiary/aromatic N) is 3. The highest BCUT2D eigenvalue weighted by Gasteiger charge is 2.16. The highest BCUT2D eigenvalue weighted by Crippen LogP contribution is 2.28. The van der Waals surface area contributed by atoms with Crippen molar-refractivity contribution in [2.24, 2.45) is 0 Å². The molecule has 0 bridgehead atoms. The Labute approximate surface area is 132 Å². The van der Waals surface area contributed by atoms with Gasteiger partial charge in [0.25, 0.3) is 0 Å². The summed E-state index contributed by atoms with van der Waals surface area (Å²) in [5.74, 6) is 1.16. The average Bonchev–Trinajstić information content (AvgIpc) is 2.68. The van der Waals surface area contributed by atoms with Gasteiger partial charge in [-0.25, -0.2) is 4.98 Å². The van der Waals surface area contributed by atoms with E-state index in [4.69, 9.17) is 34.8 Å². The predicted molar refractivity (Wildman–Crippen MR) is 82.9 cm³/mol. The molecule has 0 saturated carbocycles. The number of hydrogen-bond donors (Lipinski definition) is 0. The van der Waals surface area contributed by atoms with Gasteiger partial charge in [0.1, 0.15) is 12.4 Å². The van der Waals surface area contributed by atoms with Gasteiger partial charge in [0.05, 0.1) is 21.1 Å². The molecule has 1 aromatic carbocycles. The summed E-state index contributed by atoms with van der Waals surface area (Å²) in [4.78, 5) is 18.0. The number of likely N-dealkylation sites (N-methyl/N-ethyl adjacent to an activating group) is 1. The third kappa shape index (κ3) is 3.03. The summed E-state index contributed by atoms with van der Waals surface area (Å²) >= 11 is 17.8. The Bertz CT molecular complexity index is 652. The fourth-order valence-corrected chi connectivity index (χ4v) is 2.38. The van der Waals surface area contributed by atoms with E-state index in [0.717, 1.165) is 11.3 Å². The maximum absolute atomic E-state index is 11.9. The predicted octanol–water partition coefficient (Wildman–Crippen LogP) is 3.21. The van der Waals surface area contributed by atoms with E-state index in [1.165, 1.54) is 4.90 Å². The number of halogens is 3. The van der Waals surface area contributed by atoms with E-state index >= 15 is 0 Å². The molecule has 1 aromatic heterocycles. The Morgan fingerprint density at radius 1 is 1.30 bits per heavy atom. The van der Waals surface area contributed by atoms with Gasteiger partial charge in [-0.3, -0.25) is 4.79 Å². The standard InChI is InChI=1S/C13H14Cl3N3O/c1-18(2)13(20)7-19-11-6-9(16)8(15)5-10(11)17-12(19)3-4-14/h5-6H,3-4,7H2,1-2H3. The summed E-state index contributed by atoms with van der Waals surface area (Å²) < 4.78 is 1.84. The van der Waals surface area contributed by atoms with Crippen molar-refractivity contribution in [1.29, 1.82) is 0 Å². The van der Waals surface area contributed by atoms with E-state index in [-0.39, 0.29) is 12.5 Å². The van der Waals surface area contributed by atoms with Crippen molar-refractivity contribution in [2.75, 3.05) is 20.0 Å². The third-order valence-electron chi connectivity index (χ3n) is 2.98. The van der Waals surface area contributed by atoms with Gasteiger partial charge < -0.3 is 9.47 Å². The van der Waals surface area contributed by atoms with Crippen LogP contribution in [0.2, 0.25) is 10.0 Å². The van der Waals surface area contributed by atoms with Crippen molar-refractivity contribution in [1.82, 2.24) is 14.5 Å². The fourth-order valence-electron chi connectivity index (χ4n) is 1.90. The van der Waals surface area contributed by atoms with Crippen LogP contribution in [0.5, 0.6) is 0 Å². The van der Waals surface area contributed by atoms with Crippen LogP contribution in [0, 0.1) is 0 Å². The lowest BCUT2D eigenvalue weighted by Gasteiger charge is -2.13. The second-order valence-electron chi connectivity index (χ2n) is 4.60. The lowest BCUT2D eigenvalue weighted by atomic mass is 10.3. The maximum Gasteiger partial charge on any atom is 0.242 e. The molecule has 1 amide bonds. The van der Waals surface area contributed by atoms with Crippen molar-refractivity contribution < 1.29 is 4.79 Å². The zero-order valence-corrected chi connectivity index (χ0v) is 13.4. The van der Waals surface area contributed by atoms with Crippen LogP contribution in [0.1, 0.15) is 5.82 Å². The Balaban J connectivity index is 2.55. The SMILES string of the molecule is CN(C)C(=O)Cn1c(CCCl)nc2cc(Cl)c(Cl)cc21. The molecule has 108 valence electrons. The first-order valence-electron chi connectivity index (χ1n) is 6.04. The second kappa shape index (κ2) is 6.20. The van der Waals surface area contributed by atoms with Crippen LogP contribution in [0.4, 0.5) is 0 Å². The van der Waals surface area contributed by atoms with Crippen LogP contribution in [-0.4, -0.2) is 40.3 Å². The van der Waals surface area contributed by atoms with Gasteiger partial charge >= 0.3 is 0 Å². The number of benzene rings is 1. The summed E-state index contributed by atoms with van der Waals surface area (Å²) in [5.41, 5.74) is 1.50. The lowest BCUT2D eigenvalue weighted by Crippen LogP contribution is -2.27. The van der Waals surface area contributed by atoms with Crippen molar-refractivity contribution in [3.05, 3.63) is 28.0 Å². The zero-order valence-electron chi connectivity index (χ0n) is 11.2. The Morgan fingerprint density at radius 3 is 2.55 bits per heavy atom. The van der Waals surface area contributed by atoms with Gasteiger partial charge in [-0.05, 0) is 12.1 Å². The van der Waals surface area contributed by atoms with E-state index in [9.17, 15) is 4.79 Å². The molecule has 7 heteroatoms. The number of carbonyl (C=O) groups is 1. The molecular formula is C13H14Cl3N3O. The monoisotopic (exact) mass is 333 g/mol. The van der Waals surface area contributed by atoms with Gasteiger partial charge in [-0.1, -0.05) is 23.2 Å². The zero-order chi connectivity index (χ0) is 14.9. The molecule has 0 aliphatic heterocycles. The first kappa shape index (κ1) is 15.4. The van der Waals surface area contributed by atoms with E-state index < -0.39 is 0 Å². The molecule has 0 fully saturated rings. The van der Waals surface area contributed by atoms with Crippen molar-refractivity contribution in [3.63, 3.8) is 0 Å². The minimum Gasteiger partial charge on any atom is -0.347 e. The van der Waals surface area contributed by atoms with Crippen LogP contribution >= 0.6 is 34.8 Å². The van der Waals surface area contributed by atoms with Crippen molar-refractivity contribution >= 4 is 51.7 Å². The number of carbonyl (C=O) groups excluding carboxylic acids is 1. The number of fused-ring (bicyclic) bond motifs is 1. The summed E-state index contributed by atoms with van der Waals surface area (Å²) in [6.45, 7) is 0.202. The van der Waals surface area contributed by atoms with E-state index in [1.54, 1.807) is 26.2 Å². The molecule has 0 spiro atoms. The molecule has 0 aliphatic rings. The number of rotatable bonds is 4. The normalized spacial score (nSPS) is 11.1. The molecule has 1 heterocycles. The third-order valence-corrected chi connectivity index (χ3v) is 3.89. The van der Waals surface area contributed by atoms with E-state index in [0.29, 0.717) is 27.9 Å². The summed E-state index contributed by atoms with van der Waals surface area (Å²) in [6, 6.07) is 3.43. The number of alkyl halides is 1. The molecule has 2 aromatic rings. The minimum atomic E-state index is -0.0220. The molecule has 0 saturated heterocycles. The number of aromatic nitrogens is 2. The van der Waals surface area contributed by atoms with Gasteiger partial charge in [-0.15, -0.1) is 11.6 Å². The Hall–Kier alpha value is -0.970. The van der Waals surface area contributed by atoms with Crippen LogP contribution in [0.3, 0.4) is 0 Å². The smallest absolute Gasteiger partial charge is 0.242 e. The number of imidazole rings is 1. The van der Waals surface area contributed by atoms with Crippen LogP contribution in [0.15, 0.2) is 12.1 Å². The fraction of sp³-hybridized carbons (Fsp3) is 0.385. The van der Waals surface area contributed by atoms with Gasteiger partial charge in [0.15, 0.2) is 0 Å². The van der Waals surface area contributed by atoms with E-state index in [1.807, 2.05) is 4.57 Å². The Kier molecular flexibility index (Phi) is 4.78. The maximum atomic E-state index is 11.9. The van der Waals surface area contributed by atoms with Gasteiger partial charge in [0, 0.05) is 26.4 Å². The van der Waals surface area contributed by atoms with Crippen LogP contribution in [0.25, 0.3) is 11.0 Å². The summed E-state index contributed by atoms with van der Waals surface area (Å²) in [6.07, 6.45) is 0.576. The van der Waals surface area contributed by atoms with E-state index in [2.05, 4.69) is 4.98 Å². The molecule has 0 atom stereocenters. The van der Waals surface area contributed by atoms with Gasteiger partial charge in [-0.2, -0.15) is 0 Å². The molecule has 0 N–H and O–H groups in total. The highest BCUT2D eigenvalue weighted by atomic mass is 35.5. The van der Waals surface area contributed by atoms with Crippen LogP contribution in [-0.2, 0) is 17.8 Å². The topological polar surface area (TPSA) is 38.1 Å². The summed E-state index contributed by atoms with van der Waals surface area (Å²) in [5, 5.41) is 0.884. The van der Waals surface area contributed by atoms with Crippen LogP contribution < -0.4 is 0 Å². The molecule has 0 aliphatic carbocycles. The largest absolute Gasteiger partial charge is 0.347 e. The number of hydrogen-bond acceptors (Lipinski definition) is 2. The van der Waals surface area contributed by atoms with Gasteiger partial charge in [0.2, 0.25) is 5.91 Å². The number of aryl methyl sites for hydroxylation is 1. The quantitative estimate of drug-likeness (QED) is 0.805. The average molecular weight is 335 g/mol. The number of amides is 1. The van der Waals surface area contributed by atoms with Crippen molar-refractivity contribution in [2.45, 2.75) is 13.0 Å². The molecule has 4 nitrogen and oxygen atoms in total. The molecule has 0 unspecified atom stereocenters. The second-order valence-corrected chi connectivity index (χ2v) is 5.79. The molecular weight excluding hydrogens is 321 g/mol. The first-order chi connectivity index (χ1) is 9.43. The highest BCUT2D eigenvalue weighted by molar-refractivity contribution is 6.42. The molecule has 2 rings (SSSR count). The molecule has 20 heavy (non-hydrogen) atoms. The van der Waals surface area contributed by atoms with Crippen molar-refractivity contribution in [3.8, 4) is 0 Å². The Morgan fingerprint density at radius 2 is 1.95 bits per heavy atom. The minimum absolute atomic E-state index is 0.0220. The first-order valence-corrected chi connectivity index (χ1v) is 7.33.